The maximum atomic E-state index is 14.2. The predicted molar refractivity (Wildman–Crippen MR) is 122 cm³/mol. The van der Waals surface area contributed by atoms with Gasteiger partial charge in [0.25, 0.3) is 5.56 Å². The second-order valence-corrected chi connectivity index (χ2v) is 8.56. The molecule has 6 nitrogen and oxygen atoms in total. The average Bonchev–Trinajstić information content (AvgIpc) is 3.25. The zero-order valence-corrected chi connectivity index (χ0v) is 18.4. The number of rotatable bonds is 7. The van der Waals surface area contributed by atoms with Crippen molar-refractivity contribution in [2.75, 3.05) is 18.2 Å². The summed E-state index contributed by atoms with van der Waals surface area (Å²) in [5, 5.41) is 4.65. The number of carbonyl (C=O) groups is 1. The zero-order chi connectivity index (χ0) is 22.7. The van der Waals surface area contributed by atoms with Gasteiger partial charge in [-0.15, -0.1) is 11.3 Å². The third-order valence-electron chi connectivity index (χ3n) is 4.59. The largest absolute Gasteiger partial charge is 0.494 e. The number of hydrogen-bond acceptors (Lipinski definition) is 6. The van der Waals surface area contributed by atoms with Crippen LogP contribution in [0.3, 0.4) is 0 Å². The van der Waals surface area contributed by atoms with E-state index in [1.54, 1.807) is 29.6 Å². The Morgan fingerprint density at radius 2 is 2.00 bits per heavy atom. The molecule has 0 unspecified atom stereocenters. The van der Waals surface area contributed by atoms with Gasteiger partial charge < -0.3 is 10.1 Å². The number of thiophene rings is 1. The van der Waals surface area contributed by atoms with Crippen LogP contribution in [0.4, 0.5) is 14.5 Å². The molecule has 0 saturated carbocycles. The Balaban J connectivity index is 1.56. The van der Waals surface area contributed by atoms with E-state index in [1.165, 1.54) is 41.2 Å². The molecule has 0 fully saturated rings. The number of thioether (sulfide) groups is 1. The molecule has 0 aliphatic heterocycles. The number of carbonyl (C=O) groups excluding carboxylic acids is 1. The van der Waals surface area contributed by atoms with Crippen molar-refractivity contribution in [2.45, 2.75) is 11.7 Å². The van der Waals surface area contributed by atoms with Crippen molar-refractivity contribution in [3.63, 3.8) is 0 Å². The van der Waals surface area contributed by atoms with Crippen molar-refractivity contribution in [3.05, 3.63) is 81.5 Å². The number of hydrogen-bond donors (Lipinski definition) is 1. The SMILES string of the molecule is COc1ccc(NC(=O)CSc2nc3ccsc3c(=O)n2Cc2ccccc2F)cc1F. The van der Waals surface area contributed by atoms with Crippen LogP contribution in [0.15, 0.2) is 63.9 Å². The summed E-state index contributed by atoms with van der Waals surface area (Å²) in [6.07, 6.45) is 0. The Morgan fingerprint density at radius 3 is 2.75 bits per heavy atom. The normalized spacial score (nSPS) is 11.0. The minimum Gasteiger partial charge on any atom is -0.494 e. The first kappa shape index (κ1) is 22.0. The lowest BCUT2D eigenvalue weighted by Crippen LogP contribution is -2.24. The van der Waals surface area contributed by atoms with Gasteiger partial charge >= 0.3 is 0 Å². The van der Waals surface area contributed by atoms with Crippen LogP contribution < -0.4 is 15.6 Å². The summed E-state index contributed by atoms with van der Waals surface area (Å²) in [6, 6.07) is 12.0. The van der Waals surface area contributed by atoms with Gasteiger partial charge in [0.2, 0.25) is 5.91 Å². The van der Waals surface area contributed by atoms with Gasteiger partial charge in [-0.05, 0) is 29.6 Å². The van der Waals surface area contributed by atoms with Gasteiger partial charge in [0.1, 0.15) is 10.5 Å². The number of ether oxygens (including phenoxy) is 1. The molecule has 2 aromatic heterocycles. The molecule has 1 amide bonds. The fourth-order valence-corrected chi connectivity index (χ4v) is 4.62. The number of halogens is 2. The summed E-state index contributed by atoms with van der Waals surface area (Å²) in [6.45, 7) is -0.0139. The quantitative estimate of drug-likeness (QED) is 0.316. The first-order valence-electron chi connectivity index (χ1n) is 9.44. The highest BCUT2D eigenvalue weighted by atomic mass is 32.2. The summed E-state index contributed by atoms with van der Waals surface area (Å²) in [5.41, 5.74) is 0.838. The van der Waals surface area contributed by atoms with E-state index in [4.69, 9.17) is 4.74 Å². The second kappa shape index (κ2) is 9.49. The van der Waals surface area contributed by atoms with Crippen molar-refractivity contribution in [2.24, 2.45) is 0 Å². The highest BCUT2D eigenvalue weighted by molar-refractivity contribution is 7.99. The maximum Gasteiger partial charge on any atom is 0.272 e. The molecule has 32 heavy (non-hydrogen) atoms. The van der Waals surface area contributed by atoms with E-state index in [-0.39, 0.29) is 29.3 Å². The minimum atomic E-state index is -0.596. The van der Waals surface area contributed by atoms with E-state index in [0.29, 0.717) is 20.9 Å². The van der Waals surface area contributed by atoms with Gasteiger partial charge in [-0.25, -0.2) is 13.8 Å². The van der Waals surface area contributed by atoms with Crippen molar-refractivity contribution in [1.82, 2.24) is 9.55 Å². The number of amides is 1. The van der Waals surface area contributed by atoms with Crippen LogP contribution in [0.1, 0.15) is 5.56 Å². The molecule has 0 bridgehead atoms. The number of nitrogens with zero attached hydrogens (tertiary/aromatic N) is 2. The van der Waals surface area contributed by atoms with Gasteiger partial charge in [-0.1, -0.05) is 30.0 Å². The summed E-state index contributed by atoms with van der Waals surface area (Å²) < 4.78 is 34.7. The molecule has 0 aliphatic rings. The molecule has 0 aliphatic carbocycles. The van der Waals surface area contributed by atoms with Crippen LogP contribution in [-0.2, 0) is 11.3 Å². The van der Waals surface area contributed by atoms with Crippen LogP contribution in [0.2, 0.25) is 0 Å². The molecule has 4 aromatic rings. The van der Waals surface area contributed by atoms with E-state index >= 15 is 0 Å². The Bertz CT molecular complexity index is 1350. The van der Waals surface area contributed by atoms with Crippen LogP contribution in [0.5, 0.6) is 5.75 Å². The lowest BCUT2D eigenvalue weighted by molar-refractivity contribution is -0.113. The number of anilines is 1. The second-order valence-electron chi connectivity index (χ2n) is 6.70. The van der Waals surface area contributed by atoms with Gasteiger partial charge in [0.15, 0.2) is 16.7 Å². The molecule has 2 heterocycles. The van der Waals surface area contributed by atoms with Crippen molar-refractivity contribution in [1.29, 1.82) is 0 Å². The van der Waals surface area contributed by atoms with Crippen LogP contribution in [-0.4, -0.2) is 28.3 Å². The lowest BCUT2D eigenvalue weighted by atomic mass is 10.2. The Kier molecular flexibility index (Phi) is 6.52. The number of methoxy groups -OCH3 is 1. The van der Waals surface area contributed by atoms with E-state index in [9.17, 15) is 18.4 Å². The first-order valence-corrected chi connectivity index (χ1v) is 11.3. The molecular formula is C22H17F2N3O3S2. The average molecular weight is 474 g/mol. The standard InChI is InChI=1S/C22H17F2N3O3S2/c1-30-18-7-6-14(10-16(18)24)25-19(28)12-32-22-26-17-8-9-31-20(17)21(29)27(22)11-13-4-2-3-5-15(13)23/h2-10H,11-12H2,1H3,(H,25,28). The monoisotopic (exact) mass is 473 g/mol. The van der Waals surface area contributed by atoms with Gasteiger partial charge in [0, 0.05) is 17.3 Å². The third-order valence-corrected chi connectivity index (χ3v) is 6.45. The number of fused-ring (bicyclic) bond motifs is 1. The van der Waals surface area contributed by atoms with E-state index in [0.717, 1.165) is 17.8 Å². The van der Waals surface area contributed by atoms with Crippen molar-refractivity contribution in [3.8, 4) is 5.75 Å². The summed E-state index contributed by atoms with van der Waals surface area (Å²) >= 11 is 2.31. The third kappa shape index (κ3) is 4.66. The fraction of sp³-hybridized carbons (Fsp3) is 0.136. The highest BCUT2D eigenvalue weighted by Gasteiger charge is 2.16. The predicted octanol–water partition coefficient (Wildman–Crippen LogP) is 4.52. The number of aromatic nitrogens is 2. The molecular weight excluding hydrogens is 456 g/mol. The first-order chi connectivity index (χ1) is 15.5. The van der Waals surface area contributed by atoms with Gasteiger partial charge in [0.05, 0.1) is 24.9 Å². The Hall–Kier alpha value is -3.24. The Labute approximate surface area is 189 Å². The van der Waals surface area contributed by atoms with E-state index in [1.807, 2.05) is 0 Å². The molecule has 164 valence electrons. The van der Waals surface area contributed by atoms with Crippen LogP contribution in [0.25, 0.3) is 10.2 Å². The molecule has 4 rings (SSSR count). The Morgan fingerprint density at radius 1 is 1.19 bits per heavy atom. The van der Waals surface area contributed by atoms with Crippen molar-refractivity contribution >= 4 is 44.9 Å². The smallest absolute Gasteiger partial charge is 0.272 e. The molecule has 0 atom stereocenters. The maximum absolute atomic E-state index is 14.2. The van der Waals surface area contributed by atoms with Crippen LogP contribution >= 0.6 is 23.1 Å². The molecule has 0 spiro atoms. The lowest BCUT2D eigenvalue weighted by Gasteiger charge is -2.13. The molecule has 2 aromatic carbocycles. The molecule has 1 N–H and O–H groups in total. The molecule has 0 saturated heterocycles. The highest BCUT2D eigenvalue weighted by Crippen LogP contribution is 2.24. The summed E-state index contributed by atoms with van der Waals surface area (Å²) in [4.78, 5) is 29.9. The van der Waals surface area contributed by atoms with Gasteiger partial charge in [-0.3, -0.25) is 14.2 Å². The topological polar surface area (TPSA) is 73.2 Å². The molecule has 10 heteroatoms. The van der Waals surface area contributed by atoms with E-state index < -0.39 is 17.5 Å². The number of nitrogens with one attached hydrogen (secondary N) is 1. The minimum absolute atomic E-state index is 0.0139. The fourth-order valence-electron chi connectivity index (χ4n) is 3.04. The van der Waals surface area contributed by atoms with Crippen LogP contribution in [0, 0.1) is 11.6 Å². The molecule has 0 radical (unpaired) electrons. The van der Waals surface area contributed by atoms with Crippen molar-refractivity contribution < 1.29 is 18.3 Å². The van der Waals surface area contributed by atoms with Gasteiger partial charge in [-0.2, -0.15) is 0 Å². The van der Waals surface area contributed by atoms with E-state index in [2.05, 4.69) is 10.3 Å². The zero-order valence-electron chi connectivity index (χ0n) is 16.8. The summed E-state index contributed by atoms with van der Waals surface area (Å²) in [5.74, 6) is -1.44. The number of benzene rings is 2. The summed E-state index contributed by atoms with van der Waals surface area (Å²) in [7, 11) is 1.35.